The van der Waals surface area contributed by atoms with E-state index >= 15 is 0 Å². The fourth-order valence-corrected chi connectivity index (χ4v) is 2.02. The van der Waals surface area contributed by atoms with Crippen LogP contribution in [0.15, 0.2) is 42.6 Å². The molecule has 1 aliphatic rings. The smallest absolute Gasteiger partial charge is 0.272 e. The molecule has 19 heavy (non-hydrogen) atoms. The van der Waals surface area contributed by atoms with Gasteiger partial charge < -0.3 is 0 Å². The molecule has 0 atom stereocenters. The number of nitrogens with one attached hydrogen (secondary N) is 1. The minimum atomic E-state index is -0.399. The Balaban J connectivity index is 2.02. The third-order valence-corrected chi connectivity index (χ3v) is 2.98. The second-order valence-corrected chi connectivity index (χ2v) is 4.41. The summed E-state index contributed by atoms with van der Waals surface area (Å²) >= 11 is 5.90. The van der Waals surface area contributed by atoms with Gasteiger partial charge in [0.15, 0.2) is 0 Å². The van der Waals surface area contributed by atoms with Gasteiger partial charge in [0.25, 0.3) is 11.8 Å². The molecule has 94 valence electrons. The maximum absolute atomic E-state index is 11.5. The Hall–Kier alpha value is -2.40. The summed E-state index contributed by atoms with van der Waals surface area (Å²) in [5.41, 5.74) is 4.09. The number of anilines is 1. The molecule has 6 heteroatoms. The molecule has 0 aliphatic carbocycles. The molecule has 1 aromatic heterocycles. The molecule has 2 amide bonds. The van der Waals surface area contributed by atoms with Gasteiger partial charge in [0, 0.05) is 28.8 Å². The van der Waals surface area contributed by atoms with Crippen LogP contribution in [0, 0.1) is 0 Å². The fraction of sp³-hybridized carbons (Fsp3) is 0. The molecular weight excluding hydrogens is 266 g/mol. The number of hydrogen-bond donors (Lipinski definition) is 1. The molecule has 1 N–H and O–H groups in total. The number of rotatable bonds is 2. The molecule has 2 aromatic rings. The van der Waals surface area contributed by atoms with Gasteiger partial charge in [-0.05, 0) is 24.3 Å². The van der Waals surface area contributed by atoms with Crippen molar-refractivity contribution in [3.8, 4) is 0 Å². The van der Waals surface area contributed by atoms with Gasteiger partial charge in [-0.3, -0.25) is 20.0 Å². The summed E-state index contributed by atoms with van der Waals surface area (Å²) in [6.45, 7) is 0. The minimum Gasteiger partial charge on any atom is -0.288 e. The summed E-state index contributed by atoms with van der Waals surface area (Å²) in [7, 11) is 0. The van der Waals surface area contributed by atoms with Gasteiger partial charge in [-0.2, -0.15) is 5.01 Å². The number of amides is 2. The van der Waals surface area contributed by atoms with Crippen molar-refractivity contribution in [2.75, 3.05) is 5.43 Å². The van der Waals surface area contributed by atoms with Gasteiger partial charge >= 0.3 is 0 Å². The predicted octanol–water partition coefficient (Wildman–Crippen LogP) is 2.14. The predicted molar refractivity (Wildman–Crippen MR) is 71.4 cm³/mol. The van der Waals surface area contributed by atoms with E-state index < -0.39 is 11.8 Å². The summed E-state index contributed by atoms with van der Waals surface area (Å²) in [6.07, 6.45) is 4.02. The maximum atomic E-state index is 11.5. The number of hydrazine groups is 1. The monoisotopic (exact) mass is 273 g/mol. The lowest BCUT2D eigenvalue weighted by Gasteiger charge is -2.17. The van der Waals surface area contributed by atoms with Crippen LogP contribution < -0.4 is 5.43 Å². The average molecular weight is 274 g/mol. The van der Waals surface area contributed by atoms with Gasteiger partial charge in [-0.15, -0.1) is 0 Å². The zero-order chi connectivity index (χ0) is 13.4. The summed E-state index contributed by atoms with van der Waals surface area (Å²) in [5.74, 6) is -0.798. The number of nitrogens with zero attached hydrogens (tertiary/aromatic N) is 2. The quantitative estimate of drug-likeness (QED) is 0.852. The first-order valence-corrected chi connectivity index (χ1v) is 5.90. The molecule has 2 heterocycles. The maximum Gasteiger partial charge on any atom is 0.272 e. The lowest BCUT2D eigenvalue weighted by atomic mass is 10.2. The van der Waals surface area contributed by atoms with Crippen LogP contribution in [-0.4, -0.2) is 21.8 Å². The van der Waals surface area contributed by atoms with E-state index in [1.807, 2.05) is 0 Å². The lowest BCUT2D eigenvalue weighted by Crippen LogP contribution is -2.35. The lowest BCUT2D eigenvalue weighted by molar-refractivity contribution is -0.135. The van der Waals surface area contributed by atoms with Crippen LogP contribution in [0.2, 0.25) is 5.02 Å². The van der Waals surface area contributed by atoms with E-state index in [1.165, 1.54) is 12.2 Å². The molecule has 0 radical (unpaired) electrons. The SMILES string of the molecule is O=C1C=CC(=O)N1Nc1ccnc2cc(Cl)ccc12. The Morgan fingerprint density at radius 1 is 1.11 bits per heavy atom. The number of benzene rings is 1. The molecule has 1 aromatic carbocycles. The number of carbonyl (C=O) groups excluding carboxylic acids is 2. The highest BCUT2D eigenvalue weighted by Gasteiger charge is 2.23. The van der Waals surface area contributed by atoms with E-state index in [1.54, 1.807) is 30.5 Å². The highest BCUT2D eigenvalue weighted by Crippen LogP contribution is 2.25. The highest BCUT2D eigenvalue weighted by molar-refractivity contribution is 6.31. The summed E-state index contributed by atoms with van der Waals surface area (Å²) in [4.78, 5) is 27.2. The largest absolute Gasteiger partial charge is 0.288 e. The van der Waals surface area contributed by atoms with Crippen molar-refractivity contribution in [1.29, 1.82) is 0 Å². The van der Waals surface area contributed by atoms with Crippen molar-refractivity contribution in [1.82, 2.24) is 9.99 Å². The number of fused-ring (bicyclic) bond motifs is 1. The zero-order valence-electron chi connectivity index (χ0n) is 9.63. The Morgan fingerprint density at radius 2 is 1.84 bits per heavy atom. The summed E-state index contributed by atoms with van der Waals surface area (Å²) in [5, 5.41) is 2.30. The van der Waals surface area contributed by atoms with E-state index in [4.69, 9.17) is 11.6 Å². The molecule has 5 nitrogen and oxygen atoms in total. The third-order valence-electron chi connectivity index (χ3n) is 2.75. The van der Waals surface area contributed by atoms with Gasteiger partial charge in [0.2, 0.25) is 0 Å². The molecule has 3 rings (SSSR count). The molecule has 0 saturated heterocycles. The van der Waals surface area contributed by atoms with Crippen LogP contribution in [0.25, 0.3) is 10.9 Å². The van der Waals surface area contributed by atoms with Crippen molar-refractivity contribution in [3.63, 3.8) is 0 Å². The Kier molecular flexibility index (Phi) is 2.68. The highest BCUT2D eigenvalue weighted by atomic mass is 35.5. The molecule has 0 bridgehead atoms. The normalized spacial score (nSPS) is 14.5. The second kappa shape index (κ2) is 4.37. The Labute approximate surface area is 113 Å². The van der Waals surface area contributed by atoms with Crippen molar-refractivity contribution < 1.29 is 9.59 Å². The topological polar surface area (TPSA) is 62.3 Å². The molecule has 0 unspecified atom stereocenters. The first-order chi connectivity index (χ1) is 9.15. The van der Waals surface area contributed by atoms with Crippen molar-refractivity contribution in [2.45, 2.75) is 0 Å². The molecule has 1 aliphatic heterocycles. The molecule has 0 fully saturated rings. The number of halogens is 1. The number of imide groups is 1. The standard InChI is InChI=1S/C13H8ClN3O2/c14-8-1-2-9-10(5-6-15-11(9)7-8)16-17-12(18)3-4-13(17)19/h1-7H,(H,15,16). The van der Waals surface area contributed by atoms with E-state index in [2.05, 4.69) is 10.4 Å². The van der Waals surface area contributed by atoms with Crippen LogP contribution in [0.1, 0.15) is 0 Å². The number of pyridine rings is 1. The average Bonchev–Trinajstić information content (AvgIpc) is 2.70. The molecule has 0 saturated carbocycles. The van der Waals surface area contributed by atoms with Gasteiger partial charge in [-0.25, -0.2) is 0 Å². The summed E-state index contributed by atoms with van der Waals surface area (Å²) in [6, 6.07) is 6.91. The van der Waals surface area contributed by atoms with E-state index in [0.717, 1.165) is 10.4 Å². The van der Waals surface area contributed by atoms with Crippen LogP contribution >= 0.6 is 11.6 Å². The van der Waals surface area contributed by atoms with Crippen molar-refractivity contribution >= 4 is 40.0 Å². The van der Waals surface area contributed by atoms with E-state index in [-0.39, 0.29) is 0 Å². The van der Waals surface area contributed by atoms with Gasteiger partial charge in [-0.1, -0.05) is 11.6 Å². The van der Waals surface area contributed by atoms with Crippen LogP contribution in [0.5, 0.6) is 0 Å². The zero-order valence-corrected chi connectivity index (χ0v) is 10.4. The minimum absolute atomic E-state index is 0.399. The molecular formula is C13H8ClN3O2. The van der Waals surface area contributed by atoms with Gasteiger partial charge in [0.05, 0.1) is 11.2 Å². The van der Waals surface area contributed by atoms with Gasteiger partial charge in [0.1, 0.15) is 0 Å². The number of aromatic nitrogens is 1. The fourth-order valence-electron chi connectivity index (χ4n) is 1.85. The number of carbonyl (C=O) groups is 2. The van der Waals surface area contributed by atoms with Crippen LogP contribution in [0.4, 0.5) is 5.69 Å². The molecule has 0 spiro atoms. The Morgan fingerprint density at radius 3 is 2.58 bits per heavy atom. The van der Waals surface area contributed by atoms with Crippen molar-refractivity contribution in [3.05, 3.63) is 47.6 Å². The number of hydrogen-bond acceptors (Lipinski definition) is 4. The van der Waals surface area contributed by atoms with Crippen LogP contribution in [0.3, 0.4) is 0 Å². The van der Waals surface area contributed by atoms with E-state index in [9.17, 15) is 9.59 Å². The second-order valence-electron chi connectivity index (χ2n) is 3.98. The van der Waals surface area contributed by atoms with E-state index in [0.29, 0.717) is 16.2 Å². The first-order valence-electron chi connectivity index (χ1n) is 5.52. The summed E-state index contributed by atoms with van der Waals surface area (Å²) < 4.78 is 0. The van der Waals surface area contributed by atoms with Crippen LogP contribution in [-0.2, 0) is 9.59 Å². The first kappa shape index (κ1) is 11.7. The third kappa shape index (κ3) is 2.04. The van der Waals surface area contributed by atoms with Crippen molar-refractivity contribution in [2.24, 2.45) is 0 Å². The Bertz CT molecular complexity index is 709.